The standard InChI is InChI=1S/C23H24N2O4/c1-15-8-4-5-9-17(15)12-24-21(26)14-29-23(27)22-16(2)18-10-6-7-11-19(18)25-20(22)13-28-3/h4-11H,12-14H2,1-3H3,(H,24,26). The molecular weight excluding hydrogens is 368 g/mol. The fourth-order valence-corrected chi connectivity index (χ4v) is 3.21. The summed E-state index contributed by atoms with van der Waals surface area (Å²) in [6, 6.07) is 15.4. The van der Waals surface area contributed by atoms with Crippen molar-refractivity contribution in [2.75, 3.05) is 13.7 Å². The van der Waals surface area contributed by atoms with E-state index in [9.17, 15) is 9.59 Å². The number of carbonyl (C=O) groups excluding carboxylic acids is 2. The van der Waals surface area contributed by atoms with Gasteiger partial charge in [-0.1, -0.05) is 42.5 Å². The van der Waals surface area contributed by atoms with Crippen LogP contribution in [0.3, 0.4) is 0 Å². The van der Waals surface area contributed by atoms with Gasteiger partial charge in [-0.05, 0) is 36.6 Å². The van der Waals surface area contributed by atoms with Gasteiger partial charge < -0.3 is 14.8 Å². The second-order valence-corrected chi connectivity index (χ2v) is 6.79. The summed E-state index contributed by atoms with van der Waals surface area (Å²) in [7, 11) is 1.54. The molecule has 6 heteroatoms. The molecule has 29 heavy (non-hydrogen) atoms. The quantitative estimate of drug-likeness (QED) is 0.623. The molecule has 0 radical (unpaired) electrons. The number of esters is 1. The molecule has 6 nitrogen and oxygen atoms in total. The van der Waals surface area contributed by atoms with Gasteiger partial charge in [0.2, 0.25) is 0 Å². The van der Waals surface area contributed by atoms with Crippen LogP contribution in [0, 0.1) is 13.8 Å². The number of benzene rings is 2. The minimum atomic E-state index is -0.584. The van der Waals surface area contributed by atoms with E-state index >= 15 is 0 Å². The van der Waals surface area contributed by atoms with Crippen LogP contribution < -0.4 is 5.32 Å². The van der Waals surface area contributed by atoms with Gasteiger partial charge in [-0.25, -0.2) is 9.78 Å². The summed E-state index contributed by atoms with van der Waals surface area (Å²) in [5.41, 5.74) is 4.49. The predicted molar refractivity (Wildman–Crippen MR) is 111 cm³/mol. The molecule has 0 atom stereocenters. The first-order valence-electron chi connectivity index (χ1n) is 9.36. The molecule has 0 spiro atoms. The predicted octanol–water partition coefficient (Wildman–Crippen LogP) is 3.47. The smallest absolute Gasteiger partial charge is 0.340 e. The minimum Gasteiger partial charge on any atom is -0.452 e. The third-order valence-corrected chi connectivity index (χ3v) is 4.78. The van der Waals surface area contributed by atoms with E-state index in [1.165, 1.54) is 0 Å². The van der Waals surface area contributed by atoms with E-state index in [0.717, 1.165) is 27.6 Å². The molecule has 0 aliphatic heterocycles. The van der Waals surface area contributed by atoms with Crippen LogP contribution in [0.25, 0.3) is 10.9 Å². The molecule has 1 heterocycles. The molecule has 2 aromatic carbocycles. The maximum absolute atomic E-state index is 12.7. The number of aryl methyl sites for hydroxylation is 2. The molecule has 0 unspecified atom stereocenters. The summed E-state index contributed by atoms with van der Waals surface area (Å²) in [5, 5.41) is 3.64. The summed E-state index contributed by atoms with van der Waals surface area (Å²) >= 11 is 0. The molecule has 0 saturated heterocycles. The summed E-state index contributed by atoms with van der Waals surface area (Å²) in [5.74, 6) is -0.944. The fraction of sp³-hybridized carbons (Fsp3) is 0.261. The molecule has 1 amide bonds. The van der Waals surface area contributed by atoms with Gasteiger partial charge in [-0.2, -0.15) is 0 Å². The first kappa shape index (κ1) is 20.5. The Morgan fingerprint density at radius 1 is 1.03 bits per heavy atom. The minimum absolute atomic E-state index is 0.176. The molecular formula is C23H24N2O4. The number of ether oxygens (including phenoxy) is 2. The van der Waals surface area contributed by atoms with Crippen molar-refractivity contribution < 1.29 is 19.1 Å². The monoisotopic (exact) mass is 392 g/mol. The maximum Gasteiger partial charge on any atom is 0.340 e. The number of fused-ring (bicyclic) bond motifs is 1. The van der Waals surface area contributed by atoms with Gasteiger partial charge in [0.1, 0.15) is 0 Å². The van der Waals surface area contributed by atoms with Crippen LogP contribution in [0.4, 0.5) is 0 Å². The number of hydrogen-bond acceptors (Lipinski definition) is 5. The van der Waals surface area contributed by atoms with Gasteiger partial charge in [-0.15, -0.1) is 0 Å². The van der Waals surface area contributed by atoms with Gasteiger partial charge in [0.05, 0.1) is 23.4 Å². The third kappa shape index (κ3) is 4.78. The highest BCUT2D eigenvalue weighted by Gasteiger charge is 2.21. The van der Waals surface area contributed by atoms with Gasteiger partial charge in [-0.3, -0.25) is 4.79 Å². The normalized spacial score (nSPS) is 10.7. The molecule has 3 rings (SSSR count). The number of carbonyl (C=O) groups is 2. The van der Waals surface area contributed by atoms with Crippen molar-refractivity contribution in [1.29, 1.82) is 0 Å². The van der Waals surface area contributed by atoms with Crippen LogP contribution in [0.15, 0.2) is 48.5 Å². The van der Waals surface area contributed by atoms with E-state index in [4.69, 9.17) is 9.47 Å². The number of nitrogens with one attached hydrogen (secondary N) is 1. The van der Waals surface area contributed by atoms with E-state index in [-0.39, 0.29) is 19.1 Å². The van der Waals surface area contributed by atoms with Crippen molar-refractivity contribution >= 4 is 22.8 Å². The molecule has 0 fully saturated rings. The molecule has 150 valence electrons. The number of rotatable bonds is 7. The van der Waals surface area contributed by atoms with Crippen molar-refractivity contribution in [2.45, 2.75) is 27.0 Å². The van der Waals surface area contributed by atoms with Crippen molar-refractivity contribution in [3.63, 3.8) is 0 Å². The summed E-state index contributed by atoms with van der Waals surface area (Å²) in [6.45, 7) is 4.03. The lowest BCUT2D eigenvalue weighted by molar-refractivity contribution is -0.124. The highest BCUT2D eigenvalue weighted by Crippen LogP contribution is 2.24. The van der Waals surface area contributed by atoms with Gasteiger partial charge >= 0.3 is 5.97 Å². The van der Waals surface area contributed by atoms with E-state index in [1.54, 1.807) is 7.11 Å². The van der Waals surface area contributed by atoms with E-state index in [1.807, 2.05) is 62.4 Å². The maximum atomic E-state index is 12.7. The highest BCUT2D eigenvalue weighted by molar-refractivity contribution is 5.99. The average molecular weight is 392 g/mol. The topological polar surface area (TPSA) is 77.5 Å². The van der Waals surface area contributed by atoms with Crippen LogP contribution in [0.2, 0.25) is 0 Å². The Labute approximate surface area is 169 Å². The summed E-state index contributed by atoms with van der Waals surface area (Å²) in [4.78, 5) is 29.4. The molecule has 1 aromatic heterocycles. The van der Waals surface area contributed by atoms with Crippen LogP contribution in [0.1, 0.15) is 32.7 Å². The number of para-hydroxylation sites is 1. The van der Waals surface area contributed by atoms with Crippen molar-refractivity contribution in [1.82, 2.24) is 10.3 Å². The zero-order valence-corrected chi connectivity index (χ0v) is 16.8. The molecule has 3 aromatic rings. The van der Waals surface area contributed by atoms with Crippen LogP contribution in [-0.4, -0.2) is 30.6 Å². The Hall–Kier alpha value is -3.25. The molecule has 0 saturated carbocycles. The zero-order chi connectivity index (χ0) is 20.8. The lowest BCUT2D eigenvalue weighted by Crippen LogP contribution is -2.29. The molecule has 0 aliphatic rings. The second-order valence-electron chi connectivity index (χ2n) is 6.79. The number of pyridine rings is 1. The number of nitrogens with zero attached hydrogens (tertiary/aromatic N) is 1. The Kier molecular flexibility index (Phi) is 6.57. The number of amides is 1. The molecule has 0 bridgehead atoms. The van der Waals surface area contributed by atoms with Crippen LogP contribution >= 0.6 is 0 Å². The number of methoxy groups -OCH3 is 1. The Morgan fingerprint density at radius 2 is 1.76 bits per heavy atom. The van der Waals surface area contributed by atoms with Gasteiger partial charge in [0.15, 0.2) is 6.61 Å². The van der Waals surface area contributed by atoms with Crippen molar-refractivity contribution in [3.05, 3.63) is 76.5 Å². The van der Waals surface area contributed by atoms with E-state index in [0.29, 0.717) is 17.8 Å². The van der Waals surface area contributed by atoms with Gasteiger partial charge in [0, 0.05) is 19.0 Å². The number of aromatic nitrogens is 1. The van der Waals surface area contributed by atoms with Crippen molar-refractivity contribution in [3.8, 4) is 0 Å². The average Bonchev–Trinajstić information content (AvgIpc) is 2.72. The Bertz CT molecular complexity index is 1050. The lowest BCUT2D eigenvalue weighted by atomic mass is 10.0. The van der Waals surface area contributed by atoms with Crippen molar-refractivity contribution in [2.24, 2.45) is 0 Å². The number of hydrogen-bond donors (Lipinski definition) is 1. The third-order valence-electron chi connectivity index (χ3n) is 4.78. The lowest BCUT2D eigenvalue weighted by Gasteiger charge is -2.14. The highest BCUT2D eigenvalue weighted by atomic mass is 16.5. The molecule has 0 aliphatic carbocycles. The first-order chi connectivity index (χ1) is 14.0. The largest absolute Gasteiger partial charge is 0.452 e. The SMILES string of the molecule is COCc1nc2ccccc2c(C)c1C(=O)OCC(=O)NCc1ccccc1C. The van der Waals surface area contributed by atoms with Crippen LogP contribution in [0.5, 0.6) is 0 Å². The van der Waals surface area contributed by atoms with E-state index in [2.05, 4.69) is 10.3 Å². The zero-order valence-electron chi connectivity index (χ0n) is 16.8. The first-order valence-corrected chi connectivity index (χ1v) is 9.36. The fourth-order valence-electron chi connectivity index (χ4n) is 3.21. The van der Waals surface area contributed by atoms with E-state index < -0.39 is 5.97 Å². The molecule has 1 N–H and O–H groups in total. The summed E-state index contributed by atoms with van der Waals surface area (Å²) < 4.78 is 10.5. The summed E-state index contributed by atoms with van der Waals surface area (Å²) in [6.07, 6.45) is 0. The van der Waals surface area contributed by atoms with Crippen LogP contribution in [-0.2, 0) is 27.4 Å². The Balaban J connectivity index is 1.70. The van der Waals surface area contributed by atoms with Gasteiger partial charge in [0.25, 0.3) is 5.91 Å². The second kappa shape index (κ2) is 9.30. The Morgan fingerprint density at radius 3 is 2.52 bits per heavy atom.